The van der Waals surface area contributed by atoms with E-state index in [1.807, 2.05) is 0 Å². The SMILES string of the molecule is CC(F)(F)S(=O)(=O)O[SH](=O)=O. The minimum atomic E-state index is -5.33. The second-order valence-corrected chi connectivity index (χ2v) is 4.23. The molecular formula is C2H4F2O5S2. The van der Waals surface area contributed by atoms with Gasteiger partial charge >= 0.3 is 15.4 Å². The minimum Gasteiger partial charge on any atom is -0.201 e. The van der Waals surface area contributed by atoms with E-state index in [-0.39, 0.29) is 6.92 Å². The highest BCUT2D eigenvalue weighted by molar-refractivity contribution is 7.94. The van der Waals surface area contributed by atoms with E-state index in [1.54, 1.807) is 0 Å². The van der Waals surface area contributed by atoms with Gasteiger partial charge in [0.05, 0.1) is 0 Å². The first-order valence-electron chi connectivity index (χ1n) is 2.13. The quantitative estimate of drug-likeness (QED) is 0.634. The molecule has 5 nitrogen and oxygen atoms in total. The van der Waals surface area contributed by atoms with Crippen LogP contribution in [0.4, 0.5) is 8.78 Å². The third-order valence-corrected chi connectivity index (χ3v) is 2.75. The highest BCUT2D eigenvalue weighted by atomic mass is 32.3. The molecule has 0 atom stereocenters. The Morgan fingerprint density at radius 3 is 1.82 bits per heavy atom. The van der Waals surface area contributed by atoms with E-state index >= 15 is 0 Å². The molecule has 0 aliphatic rings. The molecule has 0 rings (SSSR count). The molecular weight excluding hydrogens is 206 g/mol. The van der Waals surface area contributed by atoms with Crippen molar-refractivity contribution in [1.29, 1.82) is 0 Å². The molecule has 0 aromatic carbocycles. The molecule has 9 heteroatoms. The maximum Gasteiger partial charge on any atom is 0.368 e. The number of thiol groups is 1. The predicted octanol–water partition coefficient (Wildman–Crippen LogP) is -0.528. The largest absolute Gasteiger partial charge is 0.368 e. The van der Waals surface area contributed by atoms with Crippen molar-refractivity contribution in [2.24, 2.45) is 0 Å². The van der Waals surface area contributed by atoms with Crippen molar-refractivity contribution in [3.63, 3.8) is 0 Å². The van der Waals surface area contributed by atoms with Gasteiger partial charge in [-0.05, 0) is 0 Å². The van der Waals surface area contributed by atoms with Gasteiger partial charge in [0.1, 0.15) is 0 Å². The van der Waals surface area contributed by atoms with Crippen LogP contribution in [0.1, 0.15) is 6.92 Å². The van der Waals surface area contributed by atoms with Crippen molar-refractivity contribution in [2.45, 2.75) is 12.2 Å². The van der Waals surface area contributed by atoms with Crippen molar-refractivity contribution in [3.8, 4) is 0 Å². The van der Waals surface area contributed by atoms with Crippen LogP contribution in [-0.2, 0) is 24.7 Å². The van der Waals surface area contributed by atoms with Gasteiger partial charge in [0, 0.05) is 6.92 Å². The molecule has 0 saturated carbocycles. The molecule has 0 aliphatic heterocycles. The molecule has 0 aromatic rings. The number of halogens is 2. The molecule has 0 fully saturated rings. The summed E-state index contributed by atoms with van der Waals surface area (Å²) in [7, 11) is -9.15. The monoisotopic (exact) mass is 210 g/mol. The Kier molecular flexibility index (Phi) is 2.91. The summed E-state index contributed by atoms with van der Waals surface area (Å²) in [6.07, 6.45) is 0. The van der Waals surface area contributed by atoms with Crippen molar-refractivity contribution in [1.82, 2.24) is 0 Å². The molecule has 0 bridgehead atoms. The molecule has 0 amide bonds. The second-order valence-electron chi connectivity index (χ2n) is 1.56. The van der Waals surface area contributed by atoms with E-state index in [9.17, 15) is 25.6 Å². The fraction of sp³-hybridized carbons (Fsp3) is 1.00. The maximum absolute atomic E-state index is 11.9. The van der Waals surface area contributed by atoms with Crippen LogP contribution in [0.5, 0.6) is 0 Å². The Balaban J connectivity index is 4.79. The Morgan fingerprint density at radius 2 is 1.73 bits per heavy atom. The summed E-state index contributed by atoms with van der Waals surface area (Å²) >= 11 is 0. The van der Waals surface area contributed by atoms with Gasteiger partial charge in [-0.15, -0.1) is 3.63 Å². The summed E-state index contributed by atoms with van der Waals surface area (Å²) in [5, 5.41) is -4.21. The summed E-state index contributed by atoms with van der Waals surface area (Å²) < 4.78 is 66.1. The van der Waals surface area contributed by atoms with Crippen LogP contribution < -0.4 is 0 Å². The Bertz CT molecular complexity index is 287. The summed E-state index contributed by atoms with van der Waals surface area (Å²) in [5.41, 5.74) is 0. The van der Waals surface area contributed by atoms with Gasteiger partial charge in [0.25, 0.3) is 11.0 Å². The van der Waals surface area contributed by atoms with Gasteiger partial charge in [0.2, 0.25) is 0 Å². The molecule has 0 unspecified atom stereocenters. The zero-order valence-electron chi connectivity index (χ0n) is 5.15. The van der Waals surface area contributed by atoms with Crippen molar-refractivity contribution >= 4 is 21.1 Å². The van der Waals surface area contributed by atoms with Crippen LogP contribution in [-0.4, -0.2) is 22.1 Å². The van der Waals surface area contributed by atoms with Crippen molar-refractivity contribution in [3.05, 3.63) is 0 Å². The highest BCUT2D eigenvalue weighted by Crippen LogP contribution is 2.21. The van der Waals surface area contributed by atoms with E-state index in [0.717, 1.165) is 0 Å². The van der Waals surface area contributed by atoms with Gasteiger partial charge in [-0.1, -0.05) is 0 Å². The van der Waals surface area contributed by atoms with E-state index in [0.29, 0.717) is 0 Å². The van der Waals surface area contributed by atoms with Crippen LogP contribution in [0.2, 0.25) is 0 Å². The molecule has 0 radical (unpaired) electrons. The van der Waals surface area contributed by atoms with Gasteiger partial charge in [0.15, 0.2) is 0 Å². The maximum atomic E-state index is 11.9. The molecule has 68 valence electrons. The highest BCUT2D eigenvalue weighted by Gasteiger charge is 2.41. The summed E-state index contributed by atoms with van der Waals surface area (Å²) in [6, 6.07) is 0. The second kappa shape index (κ2) is 2.99. The molecule has 0 aromatic heterocycles. The van der Waals surface area contributed by atoms with E-state index in [4.69, 9.17) is 0 Å². The lowest BCUT2D eigenvalue weighted by Crippen LogP contribution is -2.26. The summed E-state index contributed by atoms with van der Waals surface area (Å²) in [5.74, 6) is 0. The van der Waals surface area contributed by atoms with E-state index in [1.165, 1.54) is 0 Å². The molecule has 0 N–H and O–H groups in total. The average molecular weight is 210 g/mol. The van der Waals surface area contributed by atoms with Gasteiger partial charge in [-0.25, -0.2) is 8.42 Å². The fourth-order valence-corrected chi connectivity index (χ4v) is 1.31. The van der Waals surface area contributed by atoms with Gasteiger partial charge in [-0.2, -0.15) is 17.2 Å². The third kappa shape index (κ3) is 3.08. The topological polar surface area (TPSA) is 77.5 Å². The zero-order valence-corrected chi connectivity index (χ0v) is 6.86. The lowest BCUT2D eigenvalue weighted by Gasteiger charge is -2.06. The average Bonchev–Trinajstić information content (AvgIpc) is 1.56. The molecule has 11 heavy (non-hydrogen) atoms. The summed E-state index contributed by atoms with van der Waals surface area (Å²) in [6.45, 7) is 0.0150. The Labute approximate surface area is 63.2 Å². The standard InChI is InChI=1S/C2H4F2O5S2/c1-2(3,4)11(7,8)9-10(5)6/h10H,1H3. The summed E-state index contributed by atoms with van der Waals surface area (Å²) in [4.78, 5) is 0. The van der Waals surface area contributed by atoms with Crippen LogP contribution in [0.25, 0.3) is 0 Å². The molecule has 0 saturated heterocycles. The third-order valence-electron chi connectivity index (χ3n) is 0.598. The molecule has 0 spiro atoms. The van der Waals surface area contributed by atoms with Crippen LogP contribution in [0.3, 0.4) is 0 Å². The lowest BCUT2D eigenvalue weighted by molar-refractivity contribution is 0.104. The number of rotatable bonds is 3. The first-order valence-corrected chi connectivity index (χ1v) is 4.63. The smallest absolute Gasteiger partial charge is 0.201 e. The van der Waals surface area contributed by atoms with Gasteiger partial charge < -0.3 is 0 Å². The number of hydrogen-bond acceptors (Lipinski definition) is 5. The predicted molar refractivity (Wildman–Crippen MR) is 30.9 cm³/mol. The molecule has 0 heterocycles. The number of hydrogen-bond donors (Lipinski definition) is 1. The first-order chi connectivity index (χ1) is 4.67. The van der Waals surface area contributed by atoms with Crippen molar-refractivity contribution in [2.75, 3.05) is 0 Å². The number of alkyl halides is 2. The Hall–Kier alpha value is -0.280. The van der Waals surface area contributed by atoms with E-state index in [2.05, 4.69) is 3.63 Å². The van der Waals surface area contributed by atoms with Crippen LogP contribution in [0.15, 0.2) is 0 Å². The van der Waals surface area contributed by atoms with Crippen LogP contribution >= 0.6 is 0 Å². The lowest BCUT2D eigenvalue weighted by atomic mass is 10.9. The van der Waals surface area contributed by atoms with Crippen molar-refractivity contribution < 1.29 is 29.2 Å². The van der Waals surface area contributed by atoms with Crippen LogP contribution in [0, 0.1) is 0 Å². The van der Waals surface area contributed by atoms with E-state index < -0.39 is 26.4 Å². The first kappa shape index (κ1) is 10.7. The molecule has 0 aliphatic carbocycles. The zero-order chi connectivity index (χ0) is 9.28. The Morgan fingerprint density at radius 1 is 1.36 bits per heavy atom. The normalized spacial score (nSPS) is 13.8. The minimum absolute atomic E-state index is 0.0150. The fourth-order valence-electron chi connectivity index (χ4n) is 0.146. The van der Waals surface area contributed by atoms with Gasteiger partial charge in [-0.3, -0.25) is 0 Å².